The zero-order valence-electron chi connectivity index (χ0n) is 12.9. The Morgan fingerprint density at radius 2 is 1.76 bits per heavy atom. The molecule has 0 fully saturated rings. The van der Waals surface area contributed by atoms with Crippen LogP contribution >= 0.6 is 0 Å². The zero-order chi connectivity index (χ0) is 15.2. The van der Waals surface area contributed by atoms with Gasteiger partial charge >= 0.3 is 0 Å². The number of carbonyl (C=O) groups is 1. The first-order valence-electron chi connectivity index (χ1n) is 7.39. The second-order valence-electron chi connectivity index (χ2n) is 4.93. The van der Waals surface area contributed by atoms with Crippen LogP contribution in [0.5, 0.6) is 0 Å². The SMILES string of the molecule is CCN(CC)CCNC(=O)c1nc2ccccc2nc1C. The van der Waals surface area contributed by atoms with Gasteiger partial charge in [-0.1, -0.05) is 26.0 Å². The van der Waals surface area contributed by atoms with Crippen LogP contribution in [0.4, 0.5) is 0 Å². The minimum absolute atomic E-state index is 0.155. The molecule has 0 aliphatic rings. The summed E-state index contributed by atoms with van der Waals surface area (Å²) in [7, 11) is 0. The molecule has 1 aromatic heterocycles. The van der Waals surface area contributed by atoms with Crippen molar-refractivity contribution in [3.05, 3.63) is 35.7 Å². The molecule has 1 aromatic carbocycles. The molecule has 2 rings (SSSR count). The third-order valence-corrected chi connectivity index (χ3v) is 3.57. The Morgan fingerprint density at radius 1 is 1.14 bits per heavy atom. The Labute approximate surface area is 125 Å². The fourth-order valence-corrected chi connectivity index (χ4v) is 2.25. The molecule has 0 saturated heterocycles. The number of hydrogen-bond donors (Lipinski definition) is 1. The highest BCUT2D eigenvalue weighted by molar-refractivity contribution is 5.95. The van der Waals surface area contributed by atoms with Crippen LogP contribution in [0.2, 0.25) is 0 Å². The van der Waals surface area contributed by atoms with E-state index in [2.05, 4.69) is 34.0 Å². The number of para-hydroxylation sites is 2. The number of likely N-dealkylation sites (N-methyl/N-ethyl adjacent to an activating group) is 1. The molecule has 0 unspecified atom stereocenters. The number of nitrogens with one attached hydrogen (secondary N) is 1. The van der Waals surface area contributed by atoms with Crippen LogP contribution in [0.1, 0.15) is 30.0 Å². The fraction of sp³-hybridized carbons (Fsp3) is 0.438. The normalized spacial score (nSPS) is 11.0. The lowest BCUT2D eigenvalue weighted by Gasteiger charge is -2.18. The van der Waals surface area contributed by atoms with Gasteiger partial charge in [-0.3, -0.25) is 4.79 Å². The van der Waals surface area contributed by atoms with E-state index in [-0.39, 0.29) is 5.91 Å². The maximum absolute atomic E-state index is 12.2. The summed E-state index contributed by atoms with van der Waals surface area (Å²) in [5.74, 6) is -0.155. The highest BCUT2D eigenvalue weighted by Gasteiger charge is 2.13. The third kappa shape index (κ3) is 3.76. The Kier molecular flexibility index (Phi) is 5.22. The van der Waals surface area contributed by atoms with Crippen LogP contribution in [0.3, 0.4) is 0 Å². The Balaban J connectivity index is 2.07. The van der Waals surface area contributed by atoms with Crippen molar-refractivity contribution in [3.8, 4) is 0 Å². The molecule has 0 spiro atoms. The third-order valence-electron chi connectivity index (χ3n) is 3.57. The summed E-state index contributed by atoms with van der Waals surface area (Å²) in [6.45, 7) is 9.49. The van der Waals surface area contributed by atoms with Crippen molar-refractivity contribution in [3.63, 3.8) is 0 Å². The lowest BCUT2D eigenvalue weighted by Crippen LogP contribution is -2.35. The molecular weight excluding hydrogens is 264 g/mol. The highest BCUT2D eigenvalue weighted by atomic mass is 16.1. The van der Waals surface area contributed by atoms with Crippen molar-refractivity contribution in [2.45, 2.75) is 20.8 Å². The Hall–Kier alpha value is -2.01. The van der Waals surface area contributed by atoms with Gasteiger partial charge in [0, 0.05) is 13.1 Å². The van der Waals surface area contributed by atoms with E-state index >= 15 is 0 Å². The first kappa shape index (κ1) is 15.4. The lowest BCUT2D eigenvalue weighted by molar-refractivity contribution is 0.0943. The first-order valence-corrected chi connectivity index (χ1v) is 7.39. The second-order valence-corrected chi connectivity index (χ2v) is 4.93. The molecule has 0 bridgehead atoms. The molecule has 0 radical (unpaired) electrons. The van der Waals surface area contributed by atoms with Crippen molar-refractivity contribution in [1.82, 2.24) is 20.2 Å². The van der Waals surface area contributed by atoms with Gasteiger partial charge in [-0.05, 0) is 32.1 Å². The summed E-state index contributed by atoms with van der Waals surface area (Å²) < 4.78 is 0. The predicted octanol–water partition coefficient (Wildman–Crippen LogP) is 2.01. The van der Waals surface area contributed by atoms with Gasteiger partial charge in [0.25, 0.3) is 5.91 Å². The molecule has 0 atom stereocenters. The summed E-state index contributed by atoms with van der Waals surface area (Å²) >= 11 is 0. The molecular formula is C16H22N4O. The molecule has 2 aromatic rings. The molecule has 0 aliphatic carbocycles. The van der Waals surface area contributed by atoms with Crippen LogP contribution in [0, 0.1) is 6.92 Å². The maximum Gasteiger partial charge on any atom is 0.271 e. The predicted molar refractivity (Wildman–Crippen MR) is 84.4 cm³/mol. The largest absolute Gasteiger partial charge is 0.349 e. The molecule has 21 heavy (non-hydrogen) atoms. The van der Waals surface area contributed by atoms with Crippen molar-refractivity contribution in [2.24, 2.45) is 0 Å². The van der Waals surface area contributed by atoms with Gasteiger partial charge in [0.15, 0.2) is 0 Å². The number of hydrogen-bond acceptors (Lipinski definition) is 4. The molecule has 1 amide bonds. The van der Waals surface area contributed by atoms with Crippen LogP contribution in [0.25, 0.3) is 11.0 Å². The number of nitrogens with zero attached hydrogens (tertiary/aromatic N) is 3. The summed E-state index contributed by atoms with van der Waals surface area (Å²) in [6, 6.07) is 7.58. The van der Waals surface area contributed by atoms with Gasteiger partial charge in [-0.2, -0.15) is 0 Å². The van der Waals surface area contributed by atoms with E-state index in [1.807, 2.05) is 31.2 Å². The quantitative estimate of drug-likeness (QED) is 0.882. The minimum Gasteiger partial charge on any atom is -0.349 e. The second kappa shape index (κ2) is 7.13. The monoisotopic (exact) mass is 286 g/mol. The minimum atomic E-state index is -0.155. The molecule has 112 valence electrons. The maximum atomic E-state index is 12.2. The van der Waals surface area contributed by atoms with Crippen LogP contribution in [-0.4, -0.2) is 47.0 Å². The number of carbonyl (C=O) groups excluding carboxylic acids is 1. The first-order chi connectivity index (χ1) is 10.2. The molecule has 5 heteroatoms. The van der Waals surface area contributed by atoms with Crippen molar-refractivity contribution in [2.75, 3.05) is 26.2 Å². The molecule has 0 saturated carbocycles. The van der Waals surface area contributed by atoms with Gasteiger partial charge in [0.1, 0.15) is 5.69 Å². The molecule has 0 aliphatic heterocycles. The van der Waals surface area contributed by atoms with Crippen molar-refractivity contribution < 1.29 is 4.79 Å². The van der Waals surface area contributed by atoms with Gasteiger partial charge in [0.2, 0.25) is 0 Å². The summed E-state index contributed by atoms with van der Waals surface area (Å²) in [5.41, 5.74) is 2.63. The van der Waals surface area contributed by atoms with Crippen LogP contribution in [-0.2, 0) is 0 Å². The number of aryl methyl sites for hydroxylation is 1. The van der Waals surface area contributed by atoms with Crippen LogP contribution in [0.15, 0.2) is 24.3 Å². The number of amides is 1. The molecule has 5 nitrogen and oxygen atoms in total. The number of fused-ring (bicyclic) bond motifs is 1. The lowest BCUT2D eigenvalue weighted by atomic mass is 10.2. The zero-order valence-corrected chi connectivity index (χ0v) is 12.9. The van der Waals surface area contributed by atoms with E-state index < -0.39 is 0 Å². The van der Waals surface area contributed by atoms with E-state index in [1.165, 1.54) is 0 Å². The van der Waals surface area contributed by atoms with Crippen molar-refractivity contribution >= 4 is 16.9 Å². The average Bonchev–Trinajstić information content (AvgIpc) is 2.50. The topological polar surface area (TPSA) is 58.1 Å². The van der Waals surface area contributed by atoms with Crippen LogP contribution < -0.4 is 5.32 Å². The van der Waals surface area contributed by atoms with E-state index in [0.29, 0.717) is 17.9 Å². The van der Waals surface area contributed by atoms with Crippen molar-refractivity contribution in [1.29, 1.82) is 0 Å². The fourth-order valence-electron chi connectivity index (χ4n) is 2.25. The Bertz CT molecular complexity index is 623. The summed E-state index contributed by atoms with van der Waals surface area (Å²) in [6.07, 6.45) is 0. The van der Waals surface area contributed by atoms with E-state index in [4.69, 9.17) is 0 Å². The van der Waals surface area contributed by atoms with E-state index in [1.54, 1.807) is 0 Å². The smallest absolute Gasteiger partial charge is 0.271 e. The average molecular weight is 286 g/mol. The summed E-state index contributed by atoms with van der Waals surface area (Å²) in [4.78, 5) is 23.4. The number of benzene rings is 1. The number of aromatic nitrogens is 2. The van der Waals surface area contributed by atoms with Gasteiger partial charge < -0.3 is 10.2 Å². The van der Waals surface area contributed by atoms with E-state index in [0.717, 1.165) is 30.7 Å². The van der Waals surface area contributed by atoms with Gasteiger partial charge in [0.05, 0.1) is 16.7 Å². The van der Waals surface area contributed by atoms with Gasteiger partial charge in [-0.15, -0.1) is 0 Å². The summed E-state index contributed by atoms with van der Waals surface area (Å²) in [5, 5.41) is 2.92. The molecule has 1 N–H and O–H groups in total. The Morgan fingerprint density at radius 3 is 2.38 bits per heavy atom. The molecule has 1 heterocycles. The highest BCUT2D eigenvalue weighted by Crippen LogP contribution is 2.11. The standard InChI is InChI=1S/C16H22N4O/c1-4-20(5-2)11-10-17-16(21)15-12(3)18-13-8-6-7-9-14(13)19-15/h6-9H,4-5,10-11H2,1-3H3,(H,17,21). The van der Waals surface area contributed by atoms with E-state index in [9.17, 15) is 4.79 Å². The number of rotatable bonds is 6. The van der Waals surface area contributed by atoms with Gasteiger partial charge in [-0.25, -0.2) is 9.97 Å².